The SMILES string of the molecule is CN(C(=O)c1ccc(N2CCCCC2)nc1)c1ccc(O)cc1. The van der Waals surface area contributed by atoms with Crippen LogP contribution in [0.2, 0.25) is 0 Å². The first-order valence-electron chi connectivity index (χ1n) is 7.93. The highest BCUT2D eigenvalue weighted by Gasteiger charge is 2.16. The fourth-order valence-electron chi connectivity index (χ4n) is 2.81. The standard InChI is InChI=1S/C18H21N3O2/c1-20(15-6-8-16(22)9-7-15)18(23)14-5-10-17(19-13-14)21-11-3-2-4-12-21/h5-10,13,22H,2-4,11-12H2,1H3. The number of piperidine rings is 1. The van der Waals surface area contributed by atoms with Gasteiger partial charge in [-0.25, -0.2) is 4.98 Å². The number of pyridine rings is 1. The Bertz CT molecular complexity index is 662. The number of phenols is 1. The molecular weight excluding hydrogens is 290 g/mol. The summed E-state index contributed by atoms with van der Waals surface area (Å²) in [5.41, 5.74) is 1.29. The number of carbonyl (C=O) groups is 1. The average Bonchev–Trinajstić information content (AvgIpc) is 2.62. The number of phenolic OH excluding ortho intramolecular Hbond substituents is 1. The van der Waals surface area contributed by atoms with Crippen molar-refractivity contribution in [2.45, 2.75) is 19.3 Å². The first-order chi connectivity index (χ1) is 11.1. The van der Waals surface area contributed by atoms with Gasteiger partial charge < -0.3 is 14.9 Å². The lowest BCUT2D eigenvalue weighted by molar-refractivity contribution is 0.0992. The number of benzene rings is 1. The van der Waals surface area contributed by atoms with Crippen LogP contribution in [-0.4, -0.2) is 36.1 Å². The van der Waals surface area contributed by atoms with Gasteiger partial charge in [0.05, 0.1) is 5.56 Å². The Morgan fingerprint density at radius 2 is 1.78 bits per heavy atom. The van der Waals surface area contributed by atoms with Crippen molar-refractivity contribution in [3.63, 3.8) is 0 Å². The molecule has 1 saturated heterocycles. The van der Waals surface area contributed by atoms with Crippen molar-refractivity contribution in [3.8, 4) is 5.75 Å². The van der Waals surface area contributed by atoms with E-state index in [0.29, 0.717) is 5.56 Å². The molecule has 0 unspecified atom stereocenters. The molecule has 1 aromatic heterocycles. The molecule has 0 saturated carbocycles. The molecule has 0 atom stereocenters. The summed E-state index contributed by atoms with van der Waals surface area (Å²) < 4.78 is 0. The Morgan fingerprint density at radius 3 is 2.39 bits per heavy atom. The number of aromatic hydroxyl groups is 1. The Labute approximate surface area is 136 Å². The van der Waals surface area contributed by atoms with Crippen molar-refractivity contribution in [1.82, 2.24) is 4.98 Å². The van der Waals surface area contributed by atoms with Crippen molar-refractivity contribution in [2.24, 2.45) is 0 Å². The third-order valence-electron chi connectivity index (χ3n) is 4.22. The van der Waals surface area contributed by atoms with Crippen molar-refractivity contribution < 1.29 is 9.90 Å². The lowest BCUT2D eigenvalue weighted by Gasteiger charge is -2.27. The molecule has 0 bridgehead atoms. The van der Waals surface area contributed by atoms with Crippen molar-refractivity contribution in [3.05, 3.63) is 48.2 Å². The fourth-order valence-corrected chi connectivity index (χ4v) is 2.81. The highest BCUT2D eigenvalue weighted by atomic mass is 16.3. The first kappa shape index (κ1) is 15.3. The minimum Gasteiger partial charge on any atom is -0.508 e. The van der Waals surface area contributed by atoms with Crippen LogP contribution in [0.15, 0.2) is 42.6 Å². The molecular formula is C18H21N3O2. The van der Waals surface area contributed by atoms with Gasteiger partial charge in [-0.1, -0.05) is 0 Å². The molecule has 1 aromatic carbocycles. The molecule has 120 valence electrons. The number of nitrogens with zero attached hydrogens (tertiary/aromatic N) is 3. The number of rotatable bonds is 3. The van der Waals surface area contributed by atoms with Gasteiger partial charge in [0.1, 0.15) is 11.6 Å². The van der Waals surface area contributed by atoms with Crippen molar-refractivity contribution >= 4 is 17.4 Å². The van der Waals surface area contributed by atoms with E-state index in [0.717, 1.165) is 24.6 Å². The first-order valence-corrected chi connectivity index (χ1v) is 7.93. The van der Waals surface area contributed by atoms with E-state index in [-0.39, 0.29) is 11.7 Å². The van der Waals surface area contributed by atoms with Crippen LogP contribution in [0.3, 0.4) is 0 Å². The smallest absolute Gasteiger partial charge is 0.259 e. The largest absolute Gasteiger partial charge is 0.508 e. The molecule has 1 N–H and O–H groups in total. The molecule has 3 rings (SSSR count). The van der Waals surface area contributed by atoms with E-state index in [1.54, 1.807) is 42.4 Å². The highest BCUT2D eigenvalue weighted by Crippen LogP contribution is 2.21. The van der Waals surface area contributed by atoms with E-state index in [1.807, 2.05) is 12.1 Å². The summed E-state index contributed by atoms with van der Waals surface area (Å²) in [6, 6.07) is 10.3. The monoisotopic (exact) mass is 311 g/mol. The topological polar surface area (TPSA) is 56.7 Å². The molecule has 1 aliphatic rings. The highest BCUT2D eigenvalue weighted by molar-refractivity contribution is 6.05. The summed E-state index contributed by atoms with van der Waals surface area (Å²) in [6.45, 7) is 2.07. The molecule has 1 amide bonds. The molecule has 2 heterocycles. The number of aromatic nitrogens is 1. The van der Waals surface area contributed by atoms with E-state index in [9.17, 15) is 9.90 Å². The second kappa shape index (κ2) is 6.69. The Morgan fingerprint density at radius 1 is 1.09 bits per heavy atom. The van der Waals surface area contributed by atoms with Crippen LogP contribution in [0.1, 0.15) is 29.6 Å². The third-order valence-corrected chi connectivity index (χ3v) is 4.22. The van der Waals surface area contributed by atoms with Crippen LogP contribution < -0.4 is 9.80 Å². The zero-order chi connectivity index (χ0) is 16.2. The Kier molecular flexibility index (Phi) is 4.46. The van der Waals surface area contributed by atoms with Gasteiger partial charge in [-0.3, -0.25) is 4.79 Å². The van der Waals surface area contributed by atoms with Crippen LogP contribution in [0, 0.1) is 0 Å². The summed E-state index contributed by atoms with van der Waals surface area (Å²) >= 11 is 0. The zero-order valence-electron chi connectivity index (χ0n) is 13.3. The van der Waals surface area contributed by atoms with Crippen LogP contribution in [-0.2, 0) is 0 Å². The number of hydrogen-bond donors (Lipinski definition) is 1. The lowest BCUT2D eigenvalue weighted by Crippen LogP contribution is -2.30. The van der Waals surface area contributed by atoms with Gasteiger partial charge in [0.25, 0.3) is 5.91 Å². The summed E-state index contributed by atoms with van der Waals surface area (Å²) in [4.78, 5) is 20.8. The van der Waals surface area contributed by atoms with Crippen LogP contribution in [0.4, 0.5) is 11.5 Å². The van der Waals surface area contributed by atoms with Crippen molar-refractivity contribution in [1.29, 1.82) is 0 Å². The van der Waals surface area contributed by atoms with E-state index >= 15 is 0 Å². The quantitative estimate of drug-likeness (QED) is 0.946. The maximum Gasteiger partial charge on any atom is 0.259 e. The summed E-state index contributed by atoms with van der Waals surface area (Å²) in [5.74, 6) is 1.00. The normalized spacial score (nSPS) is 14.6. The number of carbonyl (C=O) groups excluding carboxylic acids is 1. The average molecular weight is 311 g/mol. The minimum atomic E-state index is -0.117. The van der Waals surface area contributed by atoms with Gasteiger partial charge in [0, 0.05) is 32.0 Å². The van der Waals surface area contributed by atoms with E-state index < -0.39 is 0 Å². The molecule has 1 fully saturated rings. The second-order valence-electron chi connectivity index (χ2n) is 5.83. The molecule has 1 aliphatic heterocycles. The third kappa shape index (κ3) is 3.44. The maximum atomic E-state index is 12.5. The molecule has 23 heavy (non-hydrogen) atoms. The lowest BCUT2D eigenvalue weighted by atomic mass is 10.1. The molecule has 5 heteroatoms. The van der Waals surface area contributed by atoms with Crippen LogP contribution in [0.5, 0.6) is 5.75 Å². The number of hydrogen-bond acceptors (Lipinski definition) is 4. The van der Waals surface area contributed by atoms with Gasteiger partial charge in [0.15, 0.2) is 0 Å². The Hall–Kier alpha value is -2.56. The molecule has 2 aromatic rings. The van der Waals surface area contributed by atoms with Gasteiger partial charge in [0.2, 0.25) is 0 Å². The fraction of sp³-hybridized carbons (Fsp3) is 0.333. The molecule has 0 spiro atoms. The van der Waals surface area contributed by atoms with E-state index in [1.165, 1.54) is 19.3 Å². The zero-order valence-corrected chi connectivity index (χ0v) is 13.3. The van der Waals surface area contributed by atoms with Crippen molar-refractivity contribution in [2.75, 3.05) is 29.9 Å². The number of amides is 1. The maximum absolute atomic E-state index is 12.5. The summed E-state index contributed by atoms with van der Waals surface area (Å²) in [6.07, 6.45) is 5.32. The summed E-state index contributed by atoms with van der Waals surface area (Å²) in [7, 11) is 1.72. The van der Waals surface area contributed by atoms with Gasteiger partial charge in [-0.2, -0.15) is 0 Å². The predicted molar refractivity (Wildman–Crippen MR) is 91.1 cm³/mol. The second-order valence-corrected chi connectivity index (χ2v) is 5.83. The predicted octanol–water partition coefficient (Wildman–Crippen LogP) is 3.05. The van der Waals surface area contributed by atoms with Crippen LogP contribution >= 0.6 is 0 Å². The van der Waals surface area contributed by atoms with E-state index in [2.05, 4.69) is 9.88 Å². The summed E-state index contributed by atoms with van der Waals surface area (Å²) in [5, 5.41) is 9.33. The molecule has 0 radical (unpaired) electrons. The number of anilines is 2. The van der Waals surface area contributed by atoms with E-state index in [4.69, 9.17) is 0 Å². The molecule has 5 nitrogen and oxygen atoms in total. The van der Waals surface area contributed by atoms with Gasteiger partial charge >= 0.3 is 0 Å². The van der Waals surface area contributed by atoms with Gasteiger partial charge in [-0.15, -0.1) is 0 Å². The van der Waals surface area contributed by atoms with Gasteiger partial charge in [-0.05, 0) is 55.7 Å². The minimum absolute atomic E-state index is 0.117. The van der Waals surface area contributed by atoms with Crippen LogP contribution in [0.25, 0.3) is 0 Å². The molecule has 0 aliphatic carbocycles. The Balaban J connectivity index is 1.73.